The van der Waals surface area contributed by atoms with Crippen molar-refractivity contribution in [2.24, 2.45) is 0 Å². The topological polar surface area (TPSA) is 130 Å². The minimum absolute atomic E-state index is 0.0121. The molecule has 0 radical (unpaired) electrons. The van der Waals surface area contributed by atoms with Crippen LogP contribution in [-0.2, 0) is 30.8 Å². The summed E-state index contributed by atoms with van der Waals surface area (Å²) in [6.07, 6.45) is 0. The molecule has 25 heavy (non-hydrogen) atoms. The standard InChI is InChI=1S/C15H25N3O6S/c1-10(14(20)21)18(7-6-16-11(2)19)25(22,23)9-12-8-13(24-17-12)15(3,4)5/h8,10H,6-7,9H2,1-5H3,(H,16,19)(H,20,21). The second kappa shape index (κ2) is 7.96. The second-order valence-corrected chi connectivity index (χ2v) is 8.72. The van der Waals surface area contributed by atoms with E-state index in [0.717, 1.165) is 4.31 Å². The Kier molecular flexibility index (Phi) is 6.72. The van der Waals surface area contributed by atoms with E-state index < -0.39 is 27.8 Å². The number of rotatable bonds is 8. The Hall–Kier alpha value is -1.94. The Labute approximate surface area is 147 Å². The molecule has 0 fully saturated rings. The molecule has 1 atom stereocenters. The summed E-state index contributed by atoms with van der Waals surface area (Å²) in [7, 11) is -3.97. The van der Waals surface area contributed by atoms with Crippen LogP contribution in [0.1, 0.15) is 46.1 Å². The van der Waals surface area contributed by atoms with Crippen LogP contribution >= 0.6 is 0 Å². The number of aromatic nitrogens is 1. The normalized spacial score (nSPS) is 13.7. The van der Waals surface area contributed by atoms with Gasteiger partial charge >= 0.3 is 5.97 Å². The SMILES string of the molecule is CC(=O)NCCN(C(C)C(=O)O)S(=O)(=O)Cc1cc(C(C)(C)C)on1. The van der Waals surface area contributed by atoms with Crippen molar-refractivity contribution in [2.75, 3.05) is 13.1 Å². The Morgan fingerprint density at radius 1 is 1.40 bits per heavy atom. The Morgan fingerprint density at radius 2 is 2.00 bits per heavy atom. The highest BCUT2D eigenvalue weighted by Gasteiger charge is 2.32. The van der Waals surface area contributed by atoms with Gasteiger partial charge in [0, 0.05) is 31.5 Å². The van der Waals surface area contributed by atoms with Gasteiger partial charge in [0.1, 0.15) is 23.2 Å². The molecule has 1 unspecified atom stereocenters. The van der Waals surface area contributed by atoms with Gasteiger partial charge in [-0.1, -0.05) is 25.9 Å². The summed E-state index contributed by atoms with van der Waals surface area (Å²) in [6, 6.07) is 0.280. The number of nitrogens with zero attached hydrogens (tertiary/aromatic N) is 2. The molecule has 1 aromatic heterocycles. The zero-order chi connectivity index (χ0) is 19.4. The minimum atomic E-state index is -3.97. The van der Waals surface area contributed by atoms with Crippen LogP contribution < -0.4 is 5.32 Å². The molecular weight excluding hydrogens is 350 g/mol. The molecule has 1 heterocycles. The lowest BCUT2D eigenvalue weighted by atomic mass is 9.93. The van der Waals surface area contributed by atoms with Gasteiger partial charge in [-0.15, -0.1) is 0 Å². The molecule has 0 saturated carbocycles. The largest absolute Gasteiger partial charge is 0.480 e. The van der Waals surface area contributed by atoms with Crippen LogP contribution in [0.3, 0.4) is 0 Å². The third-order valence-corrected chi connectivity index (χ3v) is 5.36. The molecule has 0 aliphatic carbocycles. The quantitative estimate of drug-likeness (QED) is 0.684. The summed E-state index contributed by atoms with van der Waals surface area (Å²) < 4.78 is 31.3. The number of sulfonamides is 1. The smallest absolute Gasteiger partial charge is 0.321 e. The Bertz CT molecular complexity index is 720. The maximum atomic E-state index is 12.6. The molecule has 0 aliphatic rings. The van der Waals surface area contributed by atoms with Crippen LogP contribution in [0, 0.1) is 0 Å². The lowest BCUT2D eigenvalue weighted by Gasteiger charge is -2.25. The average Bonchev–Trinajstić information content (AvgIpc) is 2.90. The lowest BCUT2D eigenvalue weighted by Crippen LogP contribution is -2.47. The number of amides is 1. The van der Waals surface area contributed by atoms with Gasteiger partial charge in [0.15, 0.2) is 0 Å². The van der Waals surface area contributed by atoms with Crippen LogP contribution in [0.15, 0.2) is 10.6 Å². The summed E-state index contributed by atoms with van der Waals surface area (Å²) >= 11 is 0. The molecule has 2 N–H and O–H groups in total. The first kappa shape index (κ1) is 21.1. The molecule has 1 amide bonds. The highest BCUT2D eigenvalue weighted by atomic mass is 32.2. The number of carbonyl (C=O) groups is 2. The van der Waals surface area contributed by atoms with Gasteiger partial charge in [-0.2, -0.15) is 4.31 Å². The van der Waals surface area contributed by atoms with Gasteiger partial charge in [-0.3, -0.25) is 9.59 Å². The van der Waals surface area contributed by atoms with Gasteiger partial charge in [0.25, 0.3) is 0 Å². The van der Waals surface area contributed by atoms with Crippen LogP contribution in [0.2, 0.25) is 0 Å². The van der Waals surface area contributed by atoms with Crippen molar-refractivity contribution in [3.05, 3.63) is 17.5 Å². The lowest BCUT2D eigenvalue weighted by molar-refractivity contribution is -0.140. The zero-order valence-corrected chi connectivity index (χ0v) is 15.9. The van der Waals surface area contributed by atoms with Gasteiger partial charge in [-0.05, 0) is 6.92 Å². The first-order chi connectivity index (χ1) is 11.3. The first-order valence-corrected chi connectivity index (χ1v) is 9.38. The highest BCUT2D eigenvalue weighted by molar-refractivity contribution is 7.88. The molecule has 1 rings (SSSR count). The number of hydrogen-bond acceptors (Lipinski definition) is 6. The number of hydrogen-bond donors (Lipinski definition) is 2. The Morgan fingerprint density at radius 3 is 2.44 bits per heavy atom. The van der Waals surface area contributed by atoms with Gasteiger partial charge in [-0.25, -0.2) is 8.42 Å². The zero-order valence-electron chi connectivity index (χ0n) is 15.1. The van der Waals surface area contributed by atoms with Crippen LogP contribution in [0.4, 0.5) is 0 Å². The average molecular weight is 375 g/mol. The van der Waals surface area contributed by atoms with Crippen molar-refractivity contribution in [3.8, 4) is 0 Å². The van der Waals surface area contributed by atoms with Crippen molar-refractivity contribution in [3.63, 3.8) is 0 Å². The van der Waals surface area contributed by atoms with E-state index >= 15 is 0 Å². The predicted octanol–water partition coefficient (Wildman–Crippen LogP) is 0.713. The summed E-state index contributed by atoms with van der Waals surface area (Å²) in [5.41, 5.74) is -0.124. The molecule has 0 aromatic carbocycles. The van der Waals surface area contributed by atoms with E-state index in [9.17, 15) is 23.1 Å². The van der Waals surface area contributed by atoms with Crippen molar-refractivity contribution in [1.29, 1.82) is 0 Å². The number of aliphatic carboxylic acids is 1. The van der Waals surface area contributed by atoms with E-state index in [1.807, 2.05) is 20.8 Å². The van der Waals surface area contributed by atoms with Crippen LogP contribution in [0.5, 0.6) is 0 Å². The van der Waals surface area contributed by atoms with Gasteiger partial charge < -0.3 is 14.9 Å². The van der Waals surface area contributed by atoms with Crippen molar-refractivity contribution in [1.82, 2.24) is 14.8 Å². The summed E-state index contributed by atoms with van der Waals surface area (Å²) in [4.78, 5) is 22.2. The molecule has 142 valence electrons. The number of carboxylic acid groups (broad SMARTS) is 1. The third kappa shape index (κ3) is 6.13. The highest BCUT2D eigenvalue weighted by Crippen LogP contribution is 2.24. The predicted molar refractivity (Wildman–Crippen MR) is 90.3 cm³/mol. The van der Waals surface area contributed by atoms with E-state index in [-0.39, 0.29) is 30.1 Å². The fourth-order valence-electron chi connectivity index (χ4n) is 2.04. The molecule has 0 aliphatic heterocycles. The fraction of sp³-hybridized carbons (Fsp3) is 0.667. The molecule has 0 saturated heterocycles. The maximum absolute atomic E-state index is 12.6. The minimum Gasteiger partial charge on any atom is -0.480 e. The maximum Gasteiger partial charge on any atom is 0.321 e. The monoisotopic (exact) mass is 375 g/mol. The van der Waals surface area contributed by atoms with Crippen molar-refractivity contribution >= 4 is 21.9 Å². The number of carbonyl (C=O) groups excluding carboxylic acids is 1. The summed E-state index contributed by atoms with van der Waals surface area (Å²) in [5.74, 6) is -1.55. The summed E-state index contributed by atoms with van der Waals surface area (Å²) in [5, 5.41) is 15.4. The Balaban J connectivity index is 2.99. The van der Waals surface area contributed by atoms with Crippen LogP contribution in [0.25, 0.3) is 0 Å². The van der Waals surface area contributed by atoms with E-state index in [2.05, 4.69) is 10.5 Å². The van der Waals surface area contributed by atoms with Crippen LogP contribution in [-0.4, -0.2) is 54.0 Å². The fourth-order valence-corrected chi connectivity index (χ4v) is 3.66. The molecule has 0 bridgehead atoms. The van der Waals surface area contributed by atoms with Crippen molar-refractivity contribution in [2.45, 2.75) is 51.8 Å². The summed E-state index contributed by atoms with van der Waals surface area (Å²) in [6.45, 7) is 8.13. The number of nitrogens with one attached hydrogen (secondary N) is 1. The van der Waals surface area contributed by atoms with Gasteiger partial charge in [0.2, 0.25) is 15.9 Å². The van der Waals surface area contributed by atoms with E-state index in [1.54, 1.807) is 6.07 Å². The molecular formula is C15H25N3O6S. The first-order valence-electron chi connectivity index (χ1n) is 7.77. The molecule has 9 nitrogen and oxygen atoms in total. The molecule has 0 spiro atoms. The second-order valence-electron chi connectivity index (χ2n) is 6.80. The van der Waals surface area contributed by atoms with E-state index in [4.69, 9.17) is 4.52 Å². The molecule has 10 heteroatoms. The third-order valence-electron chi connectivity index (χ3n) is 3.48. The number of carboxylic acids is 1. The van der Waals surface area contributed by atoms with Gasteiger partial charge in [0.05, 0.1) is 0 Å². The van der Waals surface area contributed by atoms with E-state index in [1.165, 1.54) is 13.8 Å². The molecule has 1 aromatic rings. The van der Waals surface area contributed by atoms with Crippen molar-refractivity contribution < 1.29 is 27.6 Å². The van der Waals surface area contributed by atoms with E-state index in [0.29, 0.717) is 5.76 Å².